The first-order valence-electron chi connectivity index (χ1n) is 9.49. The van der Waals surface area contributed by atoms with Crippen molar-refractivity contribution in [3.63, 3.8) is 0 Å². The first-order valence-corrected chi connectivity index (χ1v) is 9.49. The van der Waals surface area contributed by atoms with Crippen LogP contribution in [-0.2, 0) is 19.1 Å². The first kappa shape index (κ1) is 21.7. The van der Waals surface area contributed by atoms with E-state index < -0.39 is 30.1 Å². The summed E-state index contributed by atoms with van der Waals surface area (Å²) in [6.45, 7) is 5.32. The van der Waals surface area contributed by atoms with Crippen molar-refractivity contribution in [1.82, 2.24) is 0 Å². The van der Waals surface area contributed by atoms with Gasteiger partial charge in [-0.25, -0.2) is 9.59 Å². The Morgan fingerprint density at radius 2 is 1.89 bits per heavy atom. The van der Waals surface area contributed by atoms with Gasteiger partial charge in [-0.05, 0) is 36.7 Å². The van der Waals surface area contributed by atoms with Crippen LogP contribution >= 0.6 is 0 Å². The van der Waals surface area contributed by atoms with E-state index in [9.17, 15) is 19.7 Å². The third kappa shape index (κ3) is 6.21. The lowest BCUT2D eigenvalue weighted by Crippen LogP contribution is -2.37. The van der Waals surface area contributed by atoms with Crippen LogP contribution in [0.2, 0.25) is 0 Å². The number of benzene rings is 1. The van der Waals surface area contributed by atoms with Crippen LogP contribution in [0.15, 0.2) is 24.3 Å². The van der Waals surface area contributed by atoms with Crippen LogP contribution in [0, 0.1) is 27.9 Å². The number of nitrogens with zero attached hydrogens (tertiary/aromatic N) is 1. The summed E-state index contributed by atoms with van der Waals surface area (Å²) in [6, 6.07) is 5.71. The topological polar surface area (TPSA) is 105 Å². The molecule has 0 N–H and O–H groups in total. The van der Waals surface area contributed by atoms with Crippen LogP contribution < -0.4 is 4.74 Å². The quantitative estimate of drug-likeness (QED) is 0.378. The van der Waals surface area contributed by atoms with Crippen molar-refractivity contribution >= 4 is 17.6 Å². The van der Waals surface area contributed by atoms with Gasteiger partial charge < -0.3 is 14.2 Å². The summed E-state index contributed by atoms with van der Waals surface area (Å²) >= 11 is 0. The van der Waals surface area contributed by atoms with Gasteiger partial charge in [0.2, 0.25) is 0 Å². The number of hydrogen-bond acceptors (Lipinski definition) is 7. The summed E-state index contributed by atoms with van der Waals surface area (Å²) in [5, 5.41) is 10.9. The van der Waals surface area contributed by atoms with Crippen LogP contribution in [0.1, 0.15) is 40.0 Å². The molecule has 8 heteroatoms. The van der Waals surface area contributed by atoms with E-state index in [2.05, 4.69) is 20.8 Å². The molecule has 0 aliphatic heterocycles. The van der Waals surface area contributed by atoms with E-state index in [4.69, 9.17) is 14.2 Å². The maximum absolute atomic E-state index is 12.1. The van der Waals surface area contributed by atoms with Crippen molar-refractivity contribution < 1.29 is 28.7 Å². The fourth-order valence-corrected chi connectivity index (χ4v) is 3.50. The lowest BCUT2D eigenvalue weighted by atomic mass is 9.75. The van der Waals surface area contributed by atoms with E-state index in [1.54, 1.807) is 6.07 Å². The normalized spacial score (nSPS) is 21.8. The number of carbonyl (C=O) groups is 2. The fourth-order valence-electron chi connectivity index (χ4n) is 3.50. The number of nitro groups is 1. The molecule has 28 heavy (non-hydrogen) atoms. The average molecular weight is 393 g/mol. The van der Waals surface area contributed by atoms with E-state index >= 15 is 0 Å². The maximum atomic E-state index is 12.1. The Kier molecular flexibility index (Phi) is 7.78. The predicted octanol–water partition coefficient (Wildman–Crippen LogP) is 3.52. The van der Waals surface area contributed by atoms with Gasteiger partial charge in [0.05, 0.1) is 4.92 Å². The summed E-state index contributed by atoms with van der Waals surface area (Å²) in [7, 11) is 0. The van der Waals surface area contributed by atoms with Crippen molar-refractivity contribution in [3.05, 3.63) is 34.4 Å². The second kappa shape index (κ2) is 10.1. The molecular formula is C20H27NO7. The van der Waals surface area contributed by atoms with Crippen LogP contribution in [0.4, 0.5) is 5.69 Å². The third-order valence-corrected chi connectivity index (χ3v) is 5.00. The lowest BCUT2D eigenvalue weighted by molar-refractivity contribution is -0.385. The van der Waals surface area contributed by atoms with Gasteiger partial charge in [-0.2, -0.15) is 0 Å². The number of hydrogen-bond donors (Lipinski definition) is 0. The van der Waals surface area contributed by atoms with Gasteiger partial charge >= 0.3 is 17.6 Å². The minimum atomic E-state index is -0.799. The summed E-state index contributed by atoms with van der Waals surface area (Å²) in [5.74, 6) is -0.231. The van der Waals surface area contributed by atoms with Crippen molar-refractivity contribution in [2.24, 2.45) is 17.8 Å². The Labute approximate surface area is 164 Å². The molecule has 3 unspecified atom stereocenters. The summed E-state index contributed by atoms with van der Waals surface area (Å²) < 4.78 is 15.6. The van der Waals surface area contributed by atoms with E-state index in [0.717, 1.165) is 19.3 Å². The van der Waals surface area contributed by atoms with Gasteiger partial charge in [0.25, 0.3) is 0 Å². The highest BCUT2D eigenvalue weighted by Crippen LogP contribution is 2.35. The second-order valence-electron chi connectivity index (χ2n) is 7.53. The van der Waals surface area contributed by atoms with E-state index in [-0.39, 0.29) is 17.5 Å². The molecule has 0 heterocycles. The highest BCUT2D eigenvalue weighted by Gasteiger charge is 2.33. The Morgan fingerprint density at radius 1 is 1.18 bits per heavy atom. The molecule has 0 bridgehead atoms. The Bertz CT molecular complexity index is 704. The van der Waals surface area contributed by atoms with Crippen molar-refractivity contribution in [3.8, 4) is 5.75 Å². The van der Waals surface area contributed by atoms with Gasteiger partial charge in [0.15, 0.2) is 19.0 Å². The zero-order valence-corrected chi connectivity index (χ0v) is 16.5. The second-order valence-corrected chi connectivity index (χ2v) is 7.53. The highest BCUT2D eigenvalue weighted by atomic mass is 16.6. The Morgan fingerprint density at radius 3 is 2.57 bits per heavy atom. The summed E-state index contributed by atoms with van der Waals surface area (Å²) in [5.41, 5.74) is -0.249. The zero-order valence-electron chi connectivity index (χ0n) is 16.5. The first-order chi connectivity index (χ1) is 13.3. The number of para-hydroxylation sites is 2. The molecule has 0 spiro atoms. The molecule has 0 radical (unpaired) electrons. The SMILES string of the molecule is CC1CCC(C(C)C)C(OC(=O)COC(=O)COc2ccccc2[N+](=O)[O-])C1. The molecule has 1 aromatic rings. The van der Waals surface area contributed by atoms with E-state index in [0.29, 0.717) is 17.8 Å². The van der Waals surface area contributed by atoms with Gasteiger partial charge in [0, 0.05) is 6.07 Å². The number of rotatable bonds is 8. The van der Waals surface area contributed by atoms with Crippen molar-refractivity contribution in [2.45, 2.75) is 46.1 Å². The minimum absolute atomic E-state index is 0.0389. The maximum Gasteiger partial charge on any atom is 0.344 e. The van der Waals surface area contributed by atoms with Gasteiger partial charge in [-0.15, -0.1) is 0 Å². The van der Waals surface area contributed by atoms with Gasteiger partial charge in [-0.3, -0.25) is 10.1 Å². The third-order valence-electron chi connectivity index (χ3n) is 5.00. The van der Waals surface area contributed by atoms with E-state index in [1.165, 1.54) is 18.2 Å². The Balaban J connectivity index is 1.79. The standard InChI is InChI=1S/C20H27NO7/c1-13(2)15-9-8-14(3)10-18(15)28-20(23)12-27-19(22)11-26-17-7-5-4-6-16(17)21(24)25/h4-7,13-15,18H,8-12H2,1-3H3. The molecular weight excluding hydrogens is 366 g/mol. The zero-order chi connectivity index (χ0) is 20.7. The fraction of sp³-hybridized carbons (Fsp3) is 0.600. The van der Waals surface area contributed by atoms with Crippen LogP contribution in [-0.4, -0.2) is 36.2 Å². The molecule has 1 saturated carbocycles. The number of esters is 2. The minimum Gasteiger partial charge on any atom is -0.475 e. The van der Waals surface area contributed by atoms with Crippen molar-refractivity contribution in [2.75, 3.05) is 13.2 Å². The number of ether oxygens (including phenoxy) is 3. The van der Waals surface area contributed by atoms with Crippen LogP contribution in [0.25, 0.3) is 0 Å². The lowest BCUT2D eigenvalue weighted by Gasteiger charge is -2.36. The predicted molar refractivity (Wildman–Crippen MR) is 101 cm³/mol. The molecule has 154 valence electrons. The largest absolute Gasteiger partial charge is 0.475 e. The molecule has 1 aliphatic carbocycles. The van der Waals surface area contributed by atoms with Gasteiger partial charge in [0.1, 0.15) is 6.10 Å². The number of carbonyl (C=O) groups excluding carboxylic acids is 2. The van der Waals surface area contributed by atoms with Crippen LogP contribution in [0.5, 0.6) is 5.75 Å². The molecule has 0 amide bonds. The monoisotopic (exact) mass is 393 g/mol. The molecule has 1 aliphatic rings. The smallest absolute Gasteiger partial charge is 0.344 e. The van der Waals surface area contributed by atoms with Crippen molar-refractivity contribution in [1.29, 1.82) is 0 Å². The molecule has 3 atom stereocenters. The molecule has 0 aromatic heterocycles. The van der Waals surface area contributed by atoms with Crippen LogP contribution in [0.3, 0.4) is 0 Å². The summed E-state index contributed by atoms with van der Waals surface area (Å²) in [6.07, 6.45) is 2.77. The van der Waals surface area contributed by atoms with E-state index in [1.807, 2.05) is 0 Å². The molecule has 1 fully saturated rings. The average Bonchev–Trinajstić information content (AvgIpc) is 2.64. The molecule has 0 saturated heterocycles. The Hall–Kier alpha value is -2.64. The van der Waals surface area contributed by atoms with Gasteiger partial charge in [-0.1, -0.05) is 39.3 Å². The number of nitro benzene ring substituents is 1. The molecule has 1 aromatic carbocycles. The molecule has 2 rings (SSSR count). The highest BCUT2D eigenvalue weighted by molar-refractivity contribution is 5.77. The molecule has 8 nitrogen and oxygen atoms in total. The summed E-state index contributed by atoms with van der Waals surface area (Å²) in [4.78, 5) is 34.2.